The molecule has 0 unspecified atom stereocenters. The van der Waals surface area contributed by atoms with Crippen molar-refractivity contribution in [3.05, 3.63) is 29.3 Å². The zero-order chi connectivity index (χ0) is 18.0. The Morgan fingerprint density at radius 1 is 1.00 bits per heavy atom. The molecule has 1 N–H and O–H groups in total. The average molecular weight is 376 g/mol. The summed E-state index contributed by atoms with van der Waals surface area (Å²) in [5.41, 5.74) is 1.99. The van der Waals surface area contributed by atoms with Crippen LogP contribution in [0.4, 0.5) is 0 Å². The average Bonchev–Trinajstić information content (AvgIpc) is 2.49. The third-order valence-electron chi connectivity index (χ3n) is 4.31. The molecule has 0 aliphatic carbocycles. The van der Waals surface area contributed by atoms with Crippen molar-refractivity contribution in [2.24, 2.45) is 0 Å². The lowest BCUT2D eigenvalue weighted by atomic mass is 10.1. The van der Waals surface area contributed by atoms with Crippen molar-refractivity contribution in [1.82, 2.24) is 13.9 Å². The minimum absolute atomic E-state index is 0.271. The van der Waals surface area contributed by atoms with Crippen molar-refractivity contribution in [1.29, 1.82) is 0 Å². The van der Waals surface area contributed by atoms with Gasteiger partial charge in [0.05, 0.1) is 11.2 Å². The van der Waals surface area contributed by atoms with Crippen LogP contribution in [-0.4, -0.2) is 71.6 Å². The summed E-state index contributed by atoms with van der Waals surface area (Å²) in [4.78, 5) is 2.33. The maximum atomic E-state index is 12.3. The minimum atomic E-state index is -3.52. The highest BCUT2D eigenvalue weighted by atomic mass is 32.2. The quantitative estimate of drug-likeness (QED) is 0.765. The van der Waals surface area contributed by atoms with Crippen molar-refractivity contribution in [3.8, 4) is 0 Å². The van der Waals surface area contributed by atoms with E-state index in [0.29, 0.717) is 39.3 Å². The first-order valence-electron chi connectivity index (χ1n) is 7.84. The molecule has 0 bridgehead atoms. The molecule has 0 radical (unpaired) electrons. The van der Waals surface area contributed by atoms with Gasteiger partial charge >= 0.3 is 0 Å². The molecule has 2 rings (SSSR count). The van der Waals surface area contributed by atoms with Crippen LogP contribution in [0.1, 0.15) is 11.1 Å². The number of hydrogen-bond donors (Lipinski definition) is 1. The van der Waals surface area contributed by atoms with E-state index < -0.39 is 20.0 Å². The maximum absolute atomic E-state index is 12.3. The summed E-state index contributed by atoms with van der Waals surface area (Å²) in [5.74, 6) is 0. The molecule has 0 atom stereocenters. The fraction of sp³-hybridized carbons (Fsp3) is 0.600. The third kappa shape index (κ3) is 5.00. The van der Waals surface area contributed by atoms with E-state index in [1.165, 1.54) is 10.6 Å². The smallest absolute Gasteiger partial charge is 0.240 e. The van der Waals surface area contributed by atoms with Crippen LogP contribution in [0.25, 0.3) is 0 Å². The first-order chi connectivity index (χ1) is 11.1. The van der Waals surface area contributed by atoms with Crippen molar-refractivity contribution < 1.29 is 16.8 Å². The van der Waals surface area contributed by atoms with Crippen LogP contribution in [0, 0.1) is 13.8 Å². The SMILES string of the molecule is Cc1ccc(S(=O)(=O)NCCN2CCN(S(C)(=O)=O)CC2)cc1C. The number of hydrogen-bond acceptors (Lipinski definition) is 5. The second kappa shape index (κ2) is 7.49. The number of piperazine rings is 1. The fourth-order valence-corrected chi connectivity index (χ4v) is 4.52. The van der Waals surface area contributed by atoms with Crippen LogP contribution in [0.15, 0.2) is 23.1 Å². The minimum Gasteiger partial charge on any atom is -0.299 e. The number of nitrogens with zero attached hydrogens (tertiary/aromatic N) is 2. The van der Waals surface area contributed by atoms with Crippen molar-refractivity contribution >= 4 is 20.0 Å². The zero-order valence-electron chi connectivity index (χ0n) is 14.3. The summed E-state index contributed by atoms with van der Waals surface area (Å²) in [6.45, 7) is 6.79. The first-order valence-corrected chi connectivity index (χ1v) is 11.2. The summed E-state index contributed by atoms with van der Waals surface area (Å²) in [5, 5.41) is 0. The Balaban J connectivity index is 1.85. The van der Waals surface area contributed by atoms with E-state index in [2.05, 4.69) is 9.62 Å². The van der Waals surface area contributed by atoms with E-state index in [4.69, 9.17) is 0 Å². The number of nitrogens with one attached hydrogen (secondary N) is 1. The number of rotatable bonds is 6. The summed E-state index contributed by atoms with van der Waals surface area (Å²) < 4.78 is 51.6. The zero-order valence-corrected chi connectivity index (χ0v) is 16.0. The lowest BCUT2D eigenvalue weighted by Gasteiger charge is -2.33. The van der Waals surface area contributed by atoms with Gasteiger partial charge in [0.2, 0.25) is 20.0 Å². The fourth-order valence-electron chi connectivity index (χ4n) is 2.59. The summed E-state index contributed by atoms with van der Waals surface area (Å²) in [6, 6.07) is 5.08. The van der Waals surface area contributed by atoms with Crippen molar-refractivity contribution in [2.75, 3.05) is 45.5 Å². The molecule has 1 aromatic rings. The van der Waals surface area contributed by atoms with E-state index in [-0.39, 0.29) is 4.90 Å². The Bertz CT molecular complexity index is 783. The molecule has 24 heavy (non-hydrogen) atoms. The van der Waals surface area contributed by atoms with Gasteiger partial charge in [-0.25, -0.2) is 21.6 Å². The van der Waals surface area contributed by atoms with E-state index >= 15 is 0 Å². The summed E-state index contributed by atoms with van der Waals surface area (Å²) in [7, 11) is -6.66. The summed E-state index contributed by atoms with van der Waals surface area (Å²) >= 11 is 0. The van der Waals surface area contributed by atoms with Crippen LogP contribution in [0.2, 0.25) is 0 Å². The van der Waals surface area contributed by atoms with Gasteiger partial charge in [-0.05, 0) is 37.1 Å². The van der Waals surface area contributed by atoms with E-state index in [9.17, 15) is 16.8 Å². The predicted molar refractivity (Wildman–Crippen MR) is 94.0 cm³/mol. The highest BCUT2D eigenvalue weighted by molar-refractivity contribution is 7.89. The summed E-state index contributed by atoms with van der Waals surface area (Å²) in [6.07, 6.45) is 1.21. The molecule has 0 amide bonds. The molecular formula is C15H25N3O4S2. The molecule has 1 aliphatic heterocycles. The highest BCUT2D eigenvalue weighted by Crippen LogP contribution is 2.14. The van der Waals surface area contributed by atoms with Crippen LogP contribution >= 0.6 is 0 Å². The molecule has 7 nitrogen and oxygen atoms in total. The molecule has 0 saturated carbocycles. The standard InChI is InChI=1S/C15H25N3O4S2/c1-13-4-5-15(12-14(13)2)24(21,22)16-6-7-17-8-10-18(11-9-17)23(3,19)20/h4-5,12,16H,6-11H2,1-3H3. The Morgan fingerprint density at radius 3 is 2.17 bits per heavy atom. The Morgan fingerprint density at radius 2 is 1.62 bits per heavy atom. The van der Waals surface area contributed by atoms with Gasteiger partial charge in [0, 0.05) is 39.3 Å². The lowest BCUT2D eigenvalue weighted by molar-refractivity contribution is 0.192. The van der Waals surface area contributed by atoms with E-state index in [1.54, 1.807) is 18.2 Å². The topological polar surface area (TPSA) is 86.8 Å². The second-order valence-corrected chi connectivity index (χ2v) is 9.90. The van der Waals surface area contributed by atoms with Crippen LogP contribution < -0.4 is 4.72 Å². The van der Waals surface area contributed by atoms with Crippen LogP contribution in [0.3, 0.4) is 0 Å². The van der Waals surface area contributed by atoms with Gasteiger partial charge in [0.1, 0.15) is 0 Å². The molecule has 136 valence electrons. The molecule has 9 heteroatoms. The van der Waals surface area contributed by atoms with Gasteiger partial charge in [0.25, 0.3) is 0 Å². The van der Waals surface area contributed by atoms with Gasteiger partial charge < -0.3 is 0 Å². The largest absolute Gasteiger partial charge is 0.299 e. The monoisotopic (exact) mass is 375 g/mol. The Labute approximate surface area is 144 Å². The molecule has 1 aliphatic rings. The van der Waals surface area contributed by atoms with Gasteiger partial charge in [-0.2, -0.15) is 4.31 Å². The van der Waals surface area contributed by atoms with E-state index in [0.717, 1.165) is 11.1 Å². The van der Waals surface area contributed by atoms with Crippen LogP contribution in [0.5, 0.6) is 0 Å². The van der Waals surface area contributed by atoms with Gasteiger partial charge in [0.15, 0.2) is 0 Å². The molecule has 1 fully saturated rings. The molecule has 1 heterocycles. The lowest BCUT2D eigenvalue weighted by Crippen LogP contribution is -2.49. The van der Waals surface area contributed by atoms with Crippen LogP contribution in [-0.2, 0) is 20.0 Å². The second-order valence-electron chi connectivity index (χ2n) is 6.15. The van der Waals surface area contributed by atoms with Crippen molar-refractivity contribution in [2.45, 2.75) is 18.7 Å². The van der Waals surface area contributed by atoms with Gasteiger partial charge in [-0.3, -0.25) is 4.90 Å². The number of benzene rings is 1. The van der Waals surface area contributed by atoms with Gasteiger partial charge in [-0.1, -0.05) is 6.07 Å². The molecule has 1 saturated heterocycles. The van der Waals surface area contributed by atoms with E-state index in [1.807, 2.05) is 13.8 Å². The molecule has 0 spiro atoms. The number of aryl methyl sites for hydroxylation is 2. The first kappa shape index (κ1) is 19.3. The Kier molecular flexibility index (Phi) is 6.03. The van der Waals surface area contributed by atoms with Crippen molar-refractivity contribution in [3.63, 3.8) is 0 Å². The maximum Gasteiger partial charge on any atom is 0.240 e. The molecular weight excluding hydrogens is 350 g/mol. The third-order valence-corrected chi connectivity index (χ3v) is 7.07. The molecule has 0 aromatic heterocycles. The highest BCUT2D eigenvalue weighted by Gasteiger charge is 2.23. The number of sulfonamides is 2. The Hall–Kier alpha value is -1.00. The molecule has 1 aromatic carbocycles. The van der Waals surface area contributed by atoms with Gasteiger partial charge in [-0.15, -0.1) is 0 Å². The predicted octanol–water partition coefficient (Wildman–Crippen LogP) is 0.159. The normalized spacial score (nSPS) is 18.0.